The fourth-order valence-corrected chi connectivity index (χ4v) is 4.31. The summed E-state index contributed by atoms with van der Waals surface area (Å²) in [6, 6.07) is 19.5. The average molecular weight is 488 g/mol. The molecule has 1 atom stereocenters. The van der Waals surface area contributed by atoms with Crippen molar-refractivity contribution in [3.8, 4) is 5.69 Å². The van der Waals surface area contributed by atoms with Crippen LogP contribution in [0.25, 0.3) is 5.69 Å². The number of carbonyl (C=O) groups is 1. The first-order chi connectivity index (χ1) is 17.1. The van der Waals surface area contributed by atoms with Crippen LogP contribution in [0.15, 0.2) is 79.4 Å². The van der Waals surface area contributed by atoms with Crippen LogP contribution in [0.5, 0.6) is 0 Å². The normalized spacial score (nSPS) is 14.7. The largest absolute Gasteiger partial charge is 0.356 e. The third-order valence-electron chi connectivity index (χ3n) is 6.35. The van der Waals surface area contributed by atoms with Crippen LogP contribution in [0.1, 0.15) is 30.1 Å². The van der Waals surface area contributed by atoms with Gasteiger partial charge in [-0.1, -0.05) is 41.9 Å². The van der Waals surface area contributed by atoms with Crippen LogP contribution in [0.2, 0.25) is 5.02 Å². The van der Waals surface area contributed by atoms with E-state index < -0.39 is 0 Å². The van der Waals surface area contributed by atoms with Gasteiger partial charge in [-0.3, -0.25) is 4.79 Å². The van der Waals surface area contributed by atoms with Crippen molar-refractivity contribution in [1.82, 2.24) is 24.8 Å². The summed E-state index contributed by atoms with van der Waals surface area (Å²) in [6.07, 6.45) is 8.22. The van der Waals surface area contributed by atoms with Gasteiger partial charge in [0.05, 0.1) is 23.6 Å². The highest BCUT2D eigenvalue weighted by Gasteiger charge is 2.47. The van der Waals surface area contributed by atoms with Crippen LogP contribution >= 0.6 is 11.6 Å². The number of hydrogen-bond donors (Lipinski definition) is 2. The zero-order valence-corrected chi connectivity index (χ0v) is 20.1. The van der Waals surface area contributed by atoms with Gasteiger partial charge in [0, 0.05) is 36.7 Å². The van der Waals surface area contributed by atoms with Gasteiger partial charge in [0.15, 0.2) is 0 Å². The van der Waals surface area contributed by atoms with Crippen LogP contribution < -0.4 is 15.5 Å². The summed E-state index contributed by atoms with van der Waals surface area (Å²) in [7, 11) is 1.97. The van der Waals surface area contributed by atoms with Crippen molar-refractivity contribution in [3.05, 3.63) is 95.7 Å². The number of imidazole rings is 1. The molecule has 2 heterocycles. The van der Waals surface area contributed by atoms with Crippen molar-refractivity contribution >= 4 is 29.8 Å². The van der Waals surface area contributed by atoms with Gasteiger partial charge in [-0.25, -0.2) is 9.97 Å². The lowest BCUT2D eigenvalue weighted by molar-refractivity contribution is -0.109. The molecule has 2 aromatic heterocycles. The van der Waals surface area contributed by atoms with E-state index in [0.29, 0.717) is 17.5 Å². The summed E-state index contributed by atoms with van der Waals surface area (Å²) in [4.78, 5) is 27.0. The molecular weight excluding hydrogens is 462 g/mol. The van der Waals surface area contributed by atoms with E-state index in [1.807, 2.05) is 89.7 Å². The van der Waals surface area contributed by atoms with E-state index >= 15 is 0 Å². The van der Waals surface area contributed by atoms with Gasteiger partial charge in [-0.2, -0.15) is 4.98 Å². The standard InChI is InChI=1S/C26H26ClN7O/c1-33(22(15-28-18-35)19-5-3-2-4-6-19)24-11-14-29-25(31-24)32-26(12-13-26)23-16-34(17-30-23)21-9-7-20(27)8-10-21/h2-11,14,16-18,22H,12-13,15H2,1H3,(H,28,35)(H,29,31,32)/t22-/m1/s1. The molecule has 1 aliphatic carbocycles. The Kier molecular flexibility index (Phi) is 6.37. The van der Waals surface area contributed by atoms with Crippen molar-refractivity contribution < 1.29 is 4.79 Å². The third-order valence-corrected chi connectivity index (χ3v) is 6.60. The minimum absolute atomic E-state index is 0.0749. The number of nitrogens with one attached hydrogen (secondary N) is 2. The maximum absolute atomic E-state index is 11.0. The first-order valence-corrected chi connectivity index (χ1v) is 11.8. The van der Waals surface area contributed by atoms with Crippen molar-refractivity contribution in [3.63, 3.8) is 0 Å². The van der Waals surface area contributed by atoms with Gasteiger partial charge in [-0.05, 0) is 48.7 Å². The minimum Gasteiger partial charge on any atom is -0.356 e. The second-order valence-electron chi connectivity index (χ2n) is 8.65. The number of benzene rings is 2. The van der Waals surface area contributed by atoms with E-state index in [2.05, 4.69) is 20.6 Å². The molecule has 0 spiro atoms. The predicted octanol–water partition coefficient (Wildman–Crippen LogP) is 4.34. The van der Waals surface area contributed by atoms with E-state index in [-0.39, 0.29) is 11.6 Å². The van der Waals surface area contributed by atoms with Gasteiger partial charge >= 0.3 is 0 Å². The number of hydrogen-bond acceptors (Lipinski definition) is 6. The first kappa shape index (κ1) is 22.9. The maximum Gasteiger partial charge on any atom is 0.225 e. The zero-order valence-electron chi connectivity index (χ0n) is 19.3. The molecule has 2 N–H and O–H groups in total. The fraction of sp³-hybridized carbons (Fsp3) is 0.231. The Morgan fingerprint density at radius 3 is 2.60 bits per heavy atom. The van der Waals surface area contributed by atoms with Gasteiger partial charge in [-0.15, -0.1) is 0 Å². The number of rotatable bonds is 10. The first-order valence-electron chi connectivity index (χ1n) is 11.4. The molecule has 1 saturated carbocycles. The molecule has 4 aromatic rings. The fourth-order valence-electron chi connectivity index (χ4n) is 4.19. The molecular formula is C26H26ClN7O. The quantitative estimate of drug-likeness (QED) is 0.323. The molecule has 0 aliphatic heterocycles. The van der Waals surface area contributed by atoms with Crippen molar-refractivity contribution in [2.24, 2.45) is 0 Å². The van der Waals surface area contributed by atoms with E-state index in [9.17, 15) is 4.79 Å². The van der Waals surface area contributed by atoms with Crippen molar-refractivity contribution in [1.29, 1.82) is 0 Å². The number of anilines is 2. The molecule has 35 heavy (non-hydrogen) atoms. The number of amides is 1. The summed E-state index contributed by atoms with van der Waals surface area (Å²) in [5, 5.41) is 7.02. The summed E-state index contributed by atoms with van der Waals surface area (Å²) >= 11 is 6.02. The molecule has 1 fully saturated rings. The smallest absolute Gasteiger partial charge is 0.225 e. The highest BCUT2D eigenvalue weighted by molar-refractivity contribution is 6.30. The average Bonchev–Trinajstić information content (AvgIpc) is 3.49. The Bertz CT molecular complexity index is 1290. The second-order valence-corrected chi connectivity index (χ2v) is 9.09. The monoisotopic (exact) mass is 487 g/mol. The van der Waals surface area contributed by atoms with Crippen molar-refractivity contribution in [2.75, 3.05) is 23.8 Å². The number of aromatic nitrogens is 4. The summed E-state index contributed by atoms with van der Waals surface area (Å²) in [5.74, 6) is 1.30. The molecule has 0 unspecified atom stereocenters. The SMILES string of the molecule is CN(c1ccnc(NC2(c3cn(-c4ccc(Cl)cc4)cn3)CC2)n1)[C@H](CNC=O)c1ccccc1. The lowest BCUT2D eigenvalue weighted by Gasteiger charge is -2.29. The highest BCUT2D eigenvalue weighted by Crippen LogP contribution is 2.47. The Labute approximate surface area is 209 Å². The molecule has 1 aliphatic rings. The predicted molar refractivity (Wildman–Crippen MR) is 137 cm³/mol. The minimum atomic E-state index is -0.285. The topological polar surface area (TPSA) is 88.0 Å². The van der Waals surface area contributed by atoms with Gasteiger partial charge in [0.2, 0.25) is 12.4 Å². The highest BCUT2D eigenvalue weighted by atomic mass is 35.5. The number of halogens is 1. The summed E-state index contributed by atoms with van der Waals surface area (Å²) in [6.45, 7) is 0.461. The van der Waals surface area contributed by atoms with E-state index in [1.165, 1.54) is 0 Å². The molecule has 9 heteroatoms. The molecule has 0 radical (unpaired) electrons. The van der Waals surface area contributed by atoms with Crippen LogP contribution in [0.3, 0.4) is 0 Å². The Hall–Kier alpha value is -3.91. The molecule has 0 bridgehead atoms. The Morgan fingerprint density at radius 2 is 1.89 bits per heavy atom. The van der Waals surface area contributed by atoms with Crippen molar-refractivity contribution in [2.45, 2.75) is 24.4 Å². The Balaban J connectivity index is 1.35. The summed E-state index contributed by atoms with van der Waals surface area (Å²) < 4.78 is 1.99. The zero-order chi connectivity index (χ0) is 24.3. The number of likely N-dealkylation sites (N-methyl/N-ethyl adjacent to an activating group) is 1. The summed E-state index contributed by atoms with van der Waals surface area (Å²) in [5.41, 5.74) is 2.75. The van der Waals surface area contributed by atoms with Crippen LogP contribution in [-0.2, 0) is 10.3 Å². The lowest BCUT2D eigenvalue weighted by Crippen LogP contribution is -2.33. The molecule has 1 amide bonds. The maximum atomic E-state index is 11.0. The van der Waals surface area contributed by atoms with Crippen LogP contribution in [0, 0.1) is 0 Å². The van der Waals surface area contributed by atoms with E-state index in [0.717, 1.165) is 42.0 Å². The van der Waals surface area contributed by atoms with E-state index in [4.69, 9.17) is 16.6 Å². The number of nitrogens with zero attached hydrogens (tertiary/aromatic N) is 5. The lowest BCUT2D eigenvalue weighted by atomic mass is 10.1. The van der Waals surface area contributed by atoms with Gasteiger partial charge in [0.1, 0.15) is 5.82 Å². The molecule has 5 rings (SSSR count). The second kappa shape index (κ2) is 9.76. The van der Waals surface area contributed by atoms with Crippen LogP contribution in [0.4, 0.5) is 11.8 Å². The molecule has 178 valence electrons. The molecule has 0 saturated heterocycles. The van der Waals surface area contributed by atoms with Gasteiger partial charge < -0.3 is 20.1 Å². The molecule has 8 nitrogen and oxygen atoms in total. The molecule has 2 aromatic carbocycles. The number of carbonyl (C=O) groups excluding carboxylic acids is 1. The van der Waals surface area contributed by atoms with E-state index in [1.54, 1.807) is 6.20 Å². The van der Waals surface area contributed by atoms with Gasteiger partial charge in [0.25, 0.3) is 0 Å². The third kappa shape index (κ3) is 4.97. The Morgan fingerprint density at radius 1 is 1.11 bits per heavy atom. The van der Waals surface area contributed by atoms with Crippen LogP contribution in [-0.4, -0.2) is 39.5 Å².